The Morgan fingerprint density at radius 2 is 1.74 bits per heavy atom. The van der Waals surface area contributed by atoms with E-state index in [4.69, 9.17) is 4.74 Å². The molecular weight excluding hydrogens is 432 g/mol. The molecular formula is C26H28N4O4. The summed E-state index contributed by atoms with van der Waals surface area (Å²) in [6.07, 6.45) is 0. The van der Waals surface area contributed by atoms with Crippen LogP contribution in [0.5, 0.6) is 0 Å². The fourth-order valence-electron chi connectivity index (χ4n) is 3.63. The molecule has 0 bridgehead atoms. The van der Waals surface area contributed by atoms with Crippen molar-refractivity contribution < 1.29 is 14.6 Å². The average molecular weight is 461 g/mol. The second-order valence-corrected chi connectivity index (χ2v) is 8.13. The van der Waals surface area contributed by atoms with Crippen molar-refractivity contribution in [2.75, 3.05) is 7.11 Å². The minimum Gasteiger partial charge on any atom is -0.494 e. The van der Waals surface area contributed by atoms with Gasteiger partial charge in [0.25, 0.3) is 5.56 Å². The molecule has 0 fully saturated rings. The predicted molar refractivity (Wildman–Crippen MR) is 132 cm³/mol. The van der Waals surface area contributed by atoms with Gasteiger partial charge in [-0.25, -0.2) is 9.48 Å². The van der Waals surface area contributed by atoms with Crippen molar-refractivity contribution in [3.8, 4) is 5.69 Å². The van der Waals surface area contributed by atoms with E-state index >= 15 is 0 Å². The molecule has 34 heavy (non-hydrogen) atoms. The molecule has 0 spiro atoms. The molecule has 0 radical (unpaired) electrons. The summed E-state index contributed by atoms with van der Waals surface area (Å²) in [4.78, 5) is 24.4. The number of carbonyl (C=O) groups is 1. The normalized spacial score (nSPS) is 12.1. The summed E-state index contributed by atoms with van der Waals surface area (Å²) in [6, 6.07) is 10.6. The molecule has 0 unspecified atom stereocenters. The molecule has 0 saturated carbocycles. The number of azo groups is 1. The van der Waals surface area contributed by atoms with E-state index in [1.165, 1.54) is 11.8 Å². The smallest absolute Gasteiger partial charge is 0.335 e. The maximum Gasteiger partial charge on any atom is 0.335 e. The molecule has 176 valence electrons. The third kappa shape index (κ3) is 4.76. The van der Waals surface area contributed by atoms with E-state index in [1.807, 2.05) is 39.0 Å². The zero-order valence-electron chi connectivity index (χ0n) is 20.2. The van der Waals surface area contributed by atoms with Gasteiger partial charge in [0, 0.05) is 5.57 Å². The SMILES string of the molecule is C=C(N=Nc1c(C)[nH]n(-c2ccc(C)c(C)c2)c1=O)/C(OC)=C(\C)c1cc(C(=O)O)ccc1C. The lowest BCUT2D eigenvalue weighted by molar-refractivity contribution is 0.0697. The summed E-state index contributed by atoms with van der Waals surface area (Å²) in [6.45, 7) is 13.4. The van der Waals surface area contributed by atoms with E-state index in [9.17, 15) is 14.7 Å². The van der Waals surface area contributed by atoms with Crippen LogP contribution in [0.2, 0.25) is 0 Å². The first-order chi connectivity index (χ1) is 16.0. The van der Waals surface area contributed by atoms with Crippen LogP contribution in [-0.2, 0) is 4.74 Å². The standard InChI is InChI=1S/C26H28N4O4/c1-14-9-11-21(12-16(14)3)30-25(31)23(18(5)29-30)28-27-19(6)24(34-7)17(4)22-13-20(26(32)33)10-8-15(22)2/h8-13,29H,6H2,1-5,7H3,(H,32,33)/b24-17-,28-27?. The molecule has 1 heterocycles. The van der Waals surface area contributed by atoms with Crippen LogP contribution >= 0.6 is 0 Å². The Bertz CT molecular complexity index is 1410. The van der Waals surface area contributed by atoms with Gasteiger partial charge in [-0.1, -0.05) is 18.7 Å². The second-order valence-electron chi connectivity index (χ2n) is 8.13. The lowest BCUT2D eigenvalue weighted by atomic mass is 9.97. The van der Waals surface area contributed by atoms with Crippen LogP contribution < -0.4 is 5.56 Å². The first kappa shape index (κ1) is 24.4. The van der Waals surface area contributed by atoms with Crippen LogP contribution in [0.15, 0.2) is 69.5 Å². The van der Waals surface area contributed by atoms with E-state index < -0.39 is 5.97 Å². The third-order valence-electron chi connectivity index (χ3n) is 5.76. The van der Waals surface area contributed by atoms with Gasteiger partial charge in [-0.05, 0) is 81.1 Å². The van der Waals surface area contributed by atoms with E-state index in [1.54, 1.807) is 32.0 Å². The van der Waals surface area contributed by atoms with Gasteiger partial charge < -0.3 is 9.84 Å². The molecule has 0 aliphatic heterocycles. The Balaban J connectivity index is 1.98. The quantitative estimate of drug-likeness (QED) is 0.265. The molecule has 2 aromatic carbocycles. The van der Waals surface area contributed by atoms with Crippen molar-refractivity contribution in [3.63, 3.8) is 0 Å². The topological polar surface area (TPSA) is 109 Å². The maximum absolute atomic E-state index is 13.0. The van der Waals surface area contributed by atoms with Crippen LogP contribution in [0, 0.1) is 27.7 Å². The van der Waals surface area contributed by atoms with Gasteiger partial charge in [-0.15, -0.1) is 10.2 Å². The Labute approximate surface area is 197 Å². The summed E-state index contributed by atoms with van der Waals surface area (Å²) in [5, 5.41) is 20.7. The largest absolute Gasteiger partial charge is 0.494 e. The van der Waals surface area contributed by atoms with Crippen LogP contribution in [0.3, 0.4) is 0 Å². The van der Waals surface area contributed by atoms with Crippen molar-refractivity contribution in [1.82, 2.24) is 9.78 Å². The number of aromatic carboxylic acids is 1. The zero-order valence-corrected chi connectivity index (χ0v) is 20.2. The number of methoxy groups -OCH3 is 1. The summed E-state index contributed by atoms with van der Waals surface area (Å²) in [7, 11) is 1.48. The molecule has 0 aliphatic rings. The van der Waals surface area contributed by atoms with E-state index in [0.717, 1.165) is 16.7 Å². The highest BCUT2D eigenvalue weighted by atomic mass is 16.5. The monoisotopic (exact) mass is 460 g/mol. The number of aromatic amines is 1. The van der Waals surface area contributed by atoms with Crippen molar-refractivity contribution >= 4 is 17.2 Å². The third-order valence-corrected chi connectivity index (χ3v) is 5.76. The zero-order chi connectivity index (χ0) is 25.2. The van der Waals surface area contributed by atoms with Crippen molar-refractivity contribution in [3.05, 3.63) is 98.3 Å². The van der Waals surface area contributed by atoms with Gasteiger partial charge in [-0.3, -0.25) is 9.89 Å². The number of aromatic nitrogens is 2. The maximum atomic E-state index is 13.0. The number of allylic oxidation sites excluding steroid dienone is 1. The number of H-pyrrole nitrogens is 1. The van der Waals surface area contributed by atoms with Crippen LogP contribution in [0.1, 0.15) is 45.2 Å². The van der Waals surface area contributed by atoms with Gasteiger partial charge in [-0.2, -0.15) is 0 Å². The highest BCUT2D eigenvalue weighted by Gasteiger charge is 2.16. The Kier molecular flexibility index (Phi) is 7.00. The fourth-order valence-corrected chi connectivity index (χ4v) is 3.63. The summed E-state index contributed by atoms with van der Waals surface area (Å²) in [5.74, 6) is -0.674. The van der Waals surface area contributed by atoms with Crippen molar-refractivity contribution in [1.29, 1.82) is 0 Å². The minimum atomic E-state index is -1.02. The van der Waals surface area contributed by atoms with Gasteiger partial charge >= 0.3 is 5.97 Å². The number of nitrogens with zero attached hydrogens (tertiary/aromatic N) is 3. The highest BCUT2D eigenvalue weighted by molar-refractivity contribution is 5.89. The molecule has 8 nitrogen and oxygen atoms in total. The lowest BCUT2D eigenvalue weighted by Gasteiger charge is -2.13. The lowest BCUT2D eigenvalue weighted by Crippen LogP contribution is -2.14. The molecule has 0 atom stereocenters. The number of ether oxygens (including phenoxy) is 1. The summed E-state index contributed by atoms with van der Waals surface area (Å²) < 4.78 is 6.95. The van der Waals surface area contributed by atoms with Crippen LogP contribution in [0.25, 0.3) is 11.3 Å². The van der Waals surface area contributed by atoms with E-state index in [0.29, 0.717) is 28.3 Å². The number of rotatable bonds is 7. The van der Waals surface area contributed by atoms with Gasteiger partial charge in [0.1, 0.15) is 11.5 Å². The molecule has 1 aromatic heterocycles. The molecule has 2 N–H and O–H groups in total. The van der Waals surface area contributed by atoms with Crippen LogP contribution in [-0.4, -0.2) is 28.0 Å². The fraction of sp³-hybridized carbons (Fsp3) is 0.231. The minimum absolute atomic E-state index is 0.163. The number of nitrogens with one attached hydrogen (secondary N) is 1. The van der Waals surface area contributed by atoms with Gasteiger partial charge in [0.15, 0.2) is 5.69 Å². The molecule has 0 aliphatic carbocycles. The Morgan fingerprint density at radius 1 is 1.06 bits per heavy atom. The first-order valence-electron chi connectivity index (χ1n) is 10.6. The molecule has 0 saturated heterocycles. The number of benzene rings is 2. The molecule has 3 rings (SSSR count). The van der Waals surface area contributed by atoms with Gasteiger partial charge in [0.05, 0.1) is 24.1 Å². The second kappa shape index (κ2) is 9.74. The highest BCUT2D eigenvalue weighted by Crippen LogP contribution is 2.28. The van der Waals surface area contributed by atoms with Crippen molar-refractivity contribution in [2.45, 2.75) is 34.6 Å². The molecule has 8 heteroatoms. The number of hydrogen-bond donors (Lipinski definition) is 2. The molecule has 3 aromatic rings. The molecule has 0 amide bonds. The van der Waals surface area contributed by atoms with Crippen LogP contribution in [0.4, 0.5) is 5.69 Å². The predicted octanol–water partition coefficient (Wildman–Crippen LogP) is 5.77. The number of carboxylic acids is 1. The average Bonchev–Trinajstić information content (AvgIpc) is 3.07. The Hall–Kier alpha value is -4.20. The number of carboxylic acid groups (broad SMARTS) is 1. The summed E-state index contributed by atoms with van der Waals surface area (Å²) in [5.41, 5.74) is 5.90. The first-order valence-corrected chi connectivity index (χ1v) is 10.6. The number of aryl methyl sites for hydroxylation is 4. The van der Waals surface area contributed by atoms with E-state index in [-0.39, 0.29) is 22.5 Å². The van der Waals surface area contributed by atoms with Crippen molar-refractivity contribution in [2.24, 2.45) is 10.2 Å². The Morgan fingerprint density at radius 3 is 2.35 bits per heavy atom. The number of hydrogen-bond acceptors (Lipinski definition) is 5. The van der Waals surface area contributed by atoms with Gasteiger partial charge in [0.2, 0.25) is 0 Å². The van der Waals surface area contributed by atoms with E-state index in [2.05, 4.69) is 21.9 Å². The summed E-state index contributed by atoms with van der Waals surface area (Å²) >= 11 is 0.